The molecule has 5 heteroatoms. The molecule has 0 aliphatic carbocycles. The van der Waals surface area contributed by atoms with Gasteiger partial charge in [-0.2, -0.15) is 0 Å². The van der Waals surface area contributed by atoms with E-state index in [0.29, 0.717) is 0 Å². The molecule has 0 spiro atoms. The van der Waals surface area contributed by atoms with Crippen molar-refractivity contribution in [2.45, 2.75) is 25.8 Å². The highest BCUT2D eigenvalue weighted by Crippen LogP contribution is 2.25. The van der Waals surface area contributed by atoms with Crippen LogP contribution in [0, 0.1) is 11.8 Å². The van der Waals surface area contributed by atoms with E-state index < -0.39 is 12.0 Å². The number of hydrogen-bond acceptors (Lipinski definition) is 2. The van der Waals surface area contributed by atoms with Crippen LogP contribution in [0.4, 0.5) is 13.2 Å². The summed E-state index contributed by atoms with van der Waals surface area (Å²) < 4.78 is 40.0. The van der Waals surface area contributed by atoms with Gasteiger partial charge in [0.1, 0.15) is 11.4 Å². The van der Waals surface area contributed by atoms with Crippen LogP contribution >= 0.6 is 0 Å². The summed E-state index contributed by atoms with van der Waals surface area (Å²) in [6.45, 7) is 2.88. The van der Waals surface area contributed by atoms with E-state index in [9.17, 15) is 18.3 Å². The second-order valence-corrected chi connectivity index (χ2v) is 3.85. The molecule has 92 valence electrons. The van der Waals surface area contributed by atoms with E-state index in [1.807, 2.05) is 0 Å². The van der Waals surface area contributed by atoms with Crippen molar-refractivity contribution in [1.29, 1.82) is 0 Å². The maximum atomic E-state index is 12.1. The highest BCUT2D eigenvalue weighted by Gasteiger charge is 2.31. The number of rotatable bonds is 1. The standard InChI is InChI=1S/C12H11F3O2/c1-11(2,16)8-7-9-5-3-4-6-10(9)17-12(13,14)15/h3-6,16H,1-2H3. The minimum Gasteiger partial charge on any atom is -0.404 e. The van der Waals surface area contributed by atoms with Crippen LogP contribution in [0.3, 0.4) is 0 Å². The first-order valence-corrected chi connectivity index (χ1v) is 4.78. The third-order valence-electron chi connectivity index (χ3n) is 1.62. The van der Waals surface area contributed by atoms with E-state index in [2.05, 4.69) is 16.6 Å². The Bertz CT molecular complexity index is 447. The van der Waals surface area contributed by atoms with Crippen LogP contribution in [-0.4, -0.2) is 17.1 Å². The molecule has 0 aliphatic rings. The number of benzene rings is 1. The first kappa shape index (κ1) is 13.4. The topological polar surface area (TPSA) is 29.5 Å². The van der Waals surface area contributed by atoms with E-state index in [0.717, 1.165) is 0 Å². The van der Waals surface area contributed by atoms with Gasteiger partial charge in [0, 0.05) is 0 Å². The zero-order valence-corrected chi connectivity index (χ0v) is 9.30. The van der Waals surface area contributed by atoms with Gasteiger partial charge in [-0.05, 0) is 26.0 Å². The van der Waals surface area contributed by atoms with Crippen molar-refractivity contribution in [3.63, 3.8) is 0 Å². The smallest absolute Gasteiger partial charge is 0.404 e. The van der Waals surface area contributed by atoms with E-state index in [-0.39, 0.29) is 11.3 Å². The molecule has 0 aliphatic heterocycles. The first-order valence-electron chi connectivity index (χ1n) is 4.78. The lowest BCUT2D eigenvalue weighted by Gasteiger charge is -2.10. The summed E-state index contributed by atoms with van der Waals surface area (Å²) in [4.78, 5) is 0. The number of alkyl halides is 3. The number of para-hydroxylation sites is 1. The highest BCUT2D eigenvalue weighted by molar-refractivity contribution is 5.46. The van der Waals surface area contributed by atoms with Gasteiger partial charge in [-0.25, -0.2) is 0 Å². The van der Waals surface area contributed by atoms with Crippen molar-refractivity contribution < 1.29 is 23.0 Å². The number of ether oxygens (including phenoxy) is 1. The normalized spacial score (nSPS) is 11.6. The van der Waals surface area contributed by atoms with Crippen molar-refractivity contribution in [2.75, 3.05) is 0 Å². The molecular formula is C12H11F3O2. The molecule has 0 fully saturated rings. The van der Waals surface area contributed by atoms with Gasteiger partial charge in [0.2, 0.25) is 0 Å². The third kappa shape index (κ3) is 5.27. The molecule has 0 saturated carbocycles. The van der Waals surface area contributed by atoms with Crippen LogP contribution < -0.4 is 4.74 Å². The Morgan fingerprint density at radius 3 is 2.29 bits per heavy atom. The van der Waals surface area contributed by atoms with Gasteiger partial charge >= 0.3 is 6.36 Å². The fourth-order valence-corrected chi connectivity index (χ4v) is 1.00. The Morgan fingerprint density at radius 1 is 1.18 bits per heavy atom. The van der Waals surface area contributed by atoms with Gasteiger partial charge in [0.25, 0.3) is 0 Å². The fraction of sp³-hybridized carbons (Fsp3) is 0.333. The largest absolute Gasteiger partial charge is 0.573 e. The molecule has 0 atom stereocenters. The summed E-state index contributed by atoms with van der Waals surface area (Å²) in [5.41, 5.74) is -1.20. The number of hydrogen-bond donors (Lipinski definition) is 1. The minimum atomic E-state index is -4.76. The SMILES string of the molecule is CC(C)(O)C#Cc1ccccc1OC(F)(F)F. The van der Waals surface area contributed by atoms with E-state index >= 15 is 0 Å². The Hall–Kier alpha value is -1.67. The summed E-state index contributed by atoms with van der Waals surface area (Å²) in [5.74, 6) is 4.50. The average molecular weight is 244 g/mol. The van der Waals surface area contributed by atoms with Crippen LogP contribution in [0.5, 0.6) is 5.75 Å². The predicted octanol–water partition coefficient (Wildman–Crippen LogP) is 2.71. The second kappa shape index (κ2) is 4.68. The van der Waals surface area contributed by atoms with Crippen LogP contribution in [0.15, 0.2) is 24.3 Å². The van der Waals surface area contributed by atoms with Crippen molar-refractivity contribution in [1.82, 2.24) is 0 Å². The molecule has 1 aromatic rings. The monoisotopic (exact) mass is 244 g/mol. The predicted molar refractivity (Wildman–Crippen MR) is 56.3 cm³/mol. The second-order valence-electron chi connectivity index (χ2n) is 3.85. The zero-order valence-electron chi connectivity index (χ0n) is 9.30. The van der Waals surface area contributed by atoms with Crippen molar-refractivity contribution in [3.8, 4) is 17.6 Å². The summed E-state index contributed by atoms with van der Waals surface area (Å²) in [5, 5.41) is 9.37. The van der Waals surface area contributed by atoms with E-state index in [1.165, 1.54) is 38.1 Å². The summed E-state index contributed by atoms with van der Waals surface area (Å²) in [7, 11) is 0. The molecule has 0 saturated heterocycles. The minimum absolute atomic E-state index is 0.0759. The Balaban J connectivity index is 3.04. The van der Waals surface area contributed by atoms with Crippen molar-refractivity contribution in [3.05, 3.63) is 29.8 Å². The molecule has 17 heavy (non-hydrogen) atoms. The lowest BCUT2D eigenvalue weighted by Crippen LogP contribution is -2.18. The van der Waals surface area contributed by atoms with Crippen LogP contribution in [0.2, 0.25) is 0 Å². The number of halogens is 3. The molecular weight excluding hydrogens is 233 g/mol. The van der Waals surface area contributed by atoms with Crippen molar-refractivity contribution >= 4 is 0 Å². The Kier molecular flexibility index (Phi) is 3.69. The molecule has 0 aromatic heterocycles. The first-order chi connectivity index (χ1) is 7.67. The van der Waals surface area contributed by atoms with Gasteiger partial charge in [0.05, 0.1) is 5.56 Å². The van der Waals surface area contributed by atoms with E-state index in [4.69, 9.17) is 0 Å². The molecule has 2 nitrogen and oxygen atoms in total. The maximum Gasteiger partial charge on any atom is 0.573 e. The molecule has 0 heterocycles. The molecule has 0 amide bonds. The summed E-state index contributed by atoms with van der Waals surface area (Å²) >= 11 is 0. The third-order valence-corrected chi connectivity index (χ3v) is 1.62. The molecule has 0 bridgehead atoms. The highest BCUT2D eigenvalue weighted by atomic mass is 19.4. The van der Waals surface area contributed by atoms with Gasteiger partial charge in [-0.15, -0.1) is 13.2 Å². The van der Waals surface area contributed by atoms with Gasteiger partial charge in [-0.1, -0.05) is 24.0 Å². The molecule has 1 aromatic carbocycles. The van der Waals surface area contributed by atoms with Gasteiger partial charge in [0.15, 0.2) is 0 Å². The van der Waals surface area contributed by atoms with Crippen LogP contribution in [-0.2, 0) is 0 Å². The zero-order chi connectivity index (χ0) is 13.1. The maximum absolute atomic E-state index is 12.1. The van der Waals surface area contributed by atoms with Crippen molar-refractivity contribution in [2.24, 2.45) is 0 Å². The fourth-order valence-electron chi connectivity index (χ4n) is 1.00. The van der Waals surface area contributed by atoms with E-state index in [1.54, 1.807) is 0 Å². The Morgan fingerprint density at radius 2 is 1.76 bits per heavy atom. The lowest BCUT2D eigenvalue weighted by molar-refractivity contribution is -0.274. The quantitative estimate of drug-likeness (QED) is 0.770. The van der Waals surface area contributed by atoms with Gasteiger partial charge < -0.3 is 9.84 Å². The molecule has 1 rings (SSSR count). The summed E-state index contributed by atoms with van der Waals surface area (Å²) in [6.07, 6.45) is -4.76. The molecule has 1 N–H and O–H groups in total. The Labute approximate surface area is 97.0 Å². The summed E-state index contributed by atoms with van der Waals surface area (Å²) in [6, 6.07) is 5.51. The van der Waals surface area contributed by atoms with Crippen LogP contribution in [0.25, 0.3) is 0 Å². The van der Waals surface area contributed by atoms with Gasteiger partial charge in [-0.3, -0.25) is 0 Å². The lowest BCUT2D eigenvalue weighted by atomic mass is 10.1. The number of aliphatic hydroxyl groups is 1. The molecule has 0 radical (unpaired) electrons. The molecule has 0 unspecified atom stereocenters. The average Bonchev–Trinajstić information content (AvgIpc) is 2.12. The van der Waals surface area contributed by atoms with Crippen LogP contribution in [0.1, 0.15) is 19.4 Å².